The highest BCUT2D eigenvalue weighted by molar-refractivity contribution is 7.92. The molecule has 132 valence electrons. The summed E-state index contributed by atoms with van der Waals surface area (Å²) in [6.07, 6.45) is 2.45. The molecule has 0 radical (unpaired) electrons. The monoisotopic (exact) mass is 388 g/mol. The molecule has 0 aliphatic heterocycles. The van der Waals surface area contributed by atoms with Gasteiger partial charge in [-0.15, -0.1) is 0 Å². The Morgan fingerprint density at radius 1 is 0.923 bits per heavy atom. The Labute approximate surface area is 155 Å². The lowest BCUT2D eigenvalue weighted by Crippen LogP contribution is -2.17. The van der Waals surface area contributed by atoms with Crippen molar-refractivity contribution in [1.82, 2.24) is 9.97 Å². The largest absolute Gasteiger partial charge is 0.321 e. The van der Waals surface area contributed by atoms with E-state index in [1.165, 1.54) is 24.5 Å². The second-order valence-electron chi connectivity index (χ2n) is 5.15. The first-order valence-corrected chi connectivity index (χ1v) is 9.27. The molecule has 0 atom stereocenters. The number of carbonyl (C=O) groups excluding carboxylic acids is 1. The van der Waals surface area contributed by atoms with Gasteiger partial charge in [-0.25, -0.2) is 23.1 Å². The van der Waals surface area contributed by atoms with E-state index in [4.69, 9.17) is 11.6 Å². The third-order valence-corrected chi connectivity index (χ3v) is 4.99. The summed E-state index contributed by atoms with van der Waals surface area (Å²) < 4.78 is 26.7. The van der Waals surface area contributed by atoms with E-state index >= 15 is 0 Å². The maximum atomic E-state index is 12.2. The molecule has 7 nitrogen and oxygen atoms in total. The van der Waals surface area contributed by atoms with Gasteiger partial charge in [0.05, 0.1) is 21.2 Å². The van der Waals surface area contributed by atoms with E-state index in [-0.39, 0.29) is 16.4 Å². The van der Waals surface area contributed by atoms with Crippen LogP contribution in [0.2, 0.25) is 5.02 Å². The number of carbonyl (C=O) groups is 1. The predicted molar refractivity (Wildman–Crippen MR) is 98.7 cm³/mol. The molecule has 0 saturated heterocycles. The number of para-hydroxylation sites is 1. The highest BCUT2D eigenvalue weighted by Gasteiger charge is 2.16. The molecule has 0 fully saturated rings. The first kappa shape index (κ1) is 17.8. The van der Waals surface area contributed by atoms with Gasteiger partial charge in [-0.3, -0.25) is 4.79 Å². The fourth-order valence-electron chi connectivity index (χ4n) is 2.03. The molecule has 0 spiro atoms. The van der Waals surface area contributed by atoms with Crippen molar-refractivity contribution in [3.8, 4) is 0 Å². The maximum Gasteiger partial charge on any atom is 0.264 e. The number of hydrogen-bond acceptors (Lipinski definition) is 5. The van der Waals surface area contributed by atoms with Gasteiger partial charge < -0.3 is 5.32 Å². The third-order valence-electron chi connectivity index (χ3n) is 3.32. The standard InChI is InChI=1S/C17H13ClN4O3S/c18-14-8-4-5-9-15(14)21-16(23)12-10-19-17(20-11-12)22-26(24,25)13-6-2-1-3-7-13/h1-11H,(H,21,23)(H,19,20,22). The summed E-state index contributed by atoms with van der Waals surface area (Å²) >= 11 is 5.99. The Morgan fingerprint density at radius 2 is 1.54 bits per heavy atom. The molecule has 0 unspecified atom stereocenters. The molecular formula is C17H13ClN4O3S. The first-order chi connectivity index (χ1) is 12.5. The molecule has 26 heavy (non-hydrogen) atoms. The van der Waals surface area contributed by atoms with Crippen LogP contribution in [0.5, 0.6) is 0 Å². The Morgan fingerprint density at radius 3 is 2.19 bits per heavy atom. The van der Waals surface area contributed by atoms with Gasteiger partial charge in [-0.1, -0.05) is 41.9 Å². The van der Waals surface area contributed by atoms with Gasteiger partial charge >= 0.3 is 0 Å². The number of nitrogens with one attached hydrogen (secondary N) is 2. The summed E-state index contributed by atoms with van der Waals surface area (Å²) in [6.45, 7) is 0. The van der Waals surface area contributed by atoms with Crippen LogP contribution in [0.1, 0.15) is 10.4 Å². The second kappa shape index (κ2) is 7.51. The number of anilines is 2. The van der Waals surface area contributed by atoms with E-state index in [1.54, 1.807) is 42.5 Å². The van der Waals surface area contributed by atoms with Gasteiger partial charge in [-0.2, -0.15) is 0 Å². The van der Waals surface area contributed by atoms with Crippen LogP contribution in [0.3, 0.4) is 0 Å². The summed E-state index contributed by atoms with van der Waals surface area (Å²) in [6, 6.07) is 14.6. The Balaban J connectivity index is 1.72. The number of aromatic nitrogens is 2. The van der Waals surface area contributed by atoms with E-state index in [0.717, 1.165) is 0 Å². The van der Waals surface area contributed by atoms with Gasteiger partial charge in [0, 0.05) is 12.4 Å². The quantitative estimate of drug-likeness (QED) is 0.699. The molecule has 9 heteroatoms. The zero-order chi connectivity index (χ0) is 18.6. The lowest BCUT2D eigenvalue weighted by Gasteiger charge is -2.08. The minimum Gasteiger partial charge on any atom is -0.321 e. The summed E-state index contributed by atoms with van der Waals surface area (Å²) in [5, 5.41) is 3.03. The number of hydrogen-bond donors (Lipinski definition) is 2. The van der Waals surface area contributed by atoms with E-state index in [9.17, 15) is 13.2 Å². The molecule has 3 aromatic rings. The van der Waals surface area contributed by atoms with Gasteiger partial charge in [0.15, 0.2) is 0 Å². The van der Waals surface area contributed by atoms with Crippen molar-refractivity contribution in [3.63, 3.8) is 0 Å². The fraction of sp³-hybridized carbons (Fsp3) is 0. The number of nitrogens with zero attached hydrogens (tertiary/aromatic N) is 2. The predicted octanol–water partition coefficient (Wildman–Crippen LogP) is 3.18. The SMILES string of the molecule is O=C(Nc1ccccc1Cl)c1cnc(NS(=O)(=O)c2ccccc2)nc1. The third kappa shape index (κ3) is 4.16. The molecule has 0 aliphatic carbocycles. The lowest BCUT2D eigenvalue weighted by molar-refractivity contribution is 0.102. The van der Waals surface area contributed by atoms with E-state index in [0.29, 0.717) is 10.7 Å². The normalized spacial score (nSPS) is 11.0. The summed E-state index contributed by atoms with van der Waals surface area (Å²) in [5.41, 5.74) is 0.612. The molecule has 1 aromatic heterocycles. The van der Waals surface area contributed by atoms with E-state index < -0.39 is 15.9 Å². The molecule has 3 rings (SSSR count). The summed E-state index contributed by atoms with van der Waals surface area (Å²) in [5.74, 6) is -0.598. The van der Waals surface area contributed by atoms with Crippen LogP contribution >= 0.6 is 11.6 Å². The van der Waals surface area contributed by atoms with Crippen LogP contribution in [-0.2, 0) is 10.0 Å². The molecule has 2 N–H and O–H groups in total. The van der Waals surface area contributed by atoms with Crippen LogP contribution in [0.25, 0.3) is 0 Å². The van der Waals surface area contributed by atoms with Crippen LogP contribution < -0.4 is 10.0 Å². The molecule has 2 aromatic carbocycles. The van der Waals surface area contributed by atoms with Gasteiger partial charge in [-0.05, 0) is 24.3 Å². The number of benzene rings is 2. The highest BCUT2D eigenvalue weighted by atomic mass is 35.5. The minimum atomic E-state index is -3.79. The number of amides is 1. The molecular weight excluding hydrogens is 376 g/mol. The number of rotatable bonds is 5. The van der Waals surface area contributed by atoms with Crippen molar-refractivity contribution in [2.45, 2.75) is 4.90 Å². The van der Waals surface area contributed by atoms with Crippen molar-refractivity contribution < 1.29 is 13.2 Å². The van der Waals surface area contributed by atoms with Crippen LogP contribution in [0.4, 0.5) is 11.6 Å². The van der Waals surface area contributed by atoms with Gasteiger partial charge in [0.2, 0.25) is 5.95 Å². The topological polar surface area (TPSA) is 101 Å². The van der Waals surface area contributed by atoms with Gasteiger partial charge in [0.1, 0.15) is 0 Å². The van der Waals surface area contributed by atoms with Crippen molar-refractivity contribution >= 4 is 39.2 Å². The van der Waals surface area contributed by atoms with Crippen molar-refractivity contribution in [1.29, 1.82) is 0 Å². The molecule has 0 saturated carbocycles. The van der Waals surface area contributed by atoms with Crippen LogP contribution in [-0.4, -0.2) is 24.3 Å². The van der Waals surface area contributed by atoms with Crippen molar-refractivity contribution in [2.75, 3.05) is 10.0 Å². The zero-order valence-corrected chi connectivity index (χ0v) is 14.8. The average Bonchev–Trinajstić information content (AvgIpc) is 2.64. The summed E-state index contributed by atoms with van der Waals surface area (Å²) in [7, 11) is -3.79. The van der Waals surface area contributed by atoms with Crippen LogP contribution in [0, 0.1) is 0 Å². The zero-order valence-electron chi connectivity index (χ0n) is 13.3. The molecule has 1 amide bonds. The highest BCUT2D eigenvalue weighted by Crippen LogP contribution is 2.21. The average molecular weight is 389 g/mol. The maximum absolute atomic E-state index is 12.2. The smallest absolute Gasteiger partial charge is 0.264 e. The van der Waals surface area contributed by atoms with Gasteiger partial charge in [0.25, 0.3) is 15.9 Å². The molecule has 0 aliphatic rings. The van der Waals surface area contributed by atoms with Crippen molar-refractivity contribution in [2.24, 2.45) is 0 Å². The lowest BCUT2D eigenvalue weighted by atomic mass is 10.3. The Kier molecular flexibility index (Phi) is 5.15. The van der Waals surface area contributed by atoms with E-state index in [1.807, 2.05) is 0 Å². The second-order valence-corrected chi connectivity index (χ2v) is 7.24. The Hall–Kier alpha value is -2.97. The first-order valence-electron chi connectivity index (χ1n) is 7.41. The number of halogens is 1. The summed E-state index contributed by atoms with van der Waals surface area (Å²) in [4.78, 5) is 20.0. The molecule has 0 bridgehead atoms. The van der Waals surface area contributed by atoms with Crippen LogP contribution in [0.15, 0.2) is 71.9 Å². The molecule has 1 heterocycles. The minimum absolute atomic E-state index is 0.0872. The van der Waals surface area contributed by atoms with Crippen molar-refractivity contribution in [3.05, 3.63) is 77.6 Å². The van der Waals surface area contributed by atoms with E-state index in [2.05, 4.69) is 20.0 Å². The number of sulfonamides is 1. The fourth-order valence-corrected chi connectivity index (χ4v) is 3.20. The Bertz CT molecular complexity index is 1030.